The first-order valence-electron chi connectivity index (χ1n) is 8.12. The van der Waals surface area contributed by atoms with Gasteiger partial charge in [0.15, 0.2) is 0 Å². The van der Waals surface area contributed by atoms with Crippen LogP contribution in [0.3, 0.4) is 0 Å². The third-order valence-electron chi connectivity index (χ3n) is 3.98. The van der Waals surface area contributed by atoms with Crippen LogP contribution in [-0.2, 0) is 11.2 Å². The summed E-state index contributed by atoms with van der Waals surface area (Å²) in [7, 11) is 0. The second-order valence-electron chi connectivity index (χ2n) is 5.88. The van der Waals surface area contributed by atoms with E-state index in [1.165, 1.54) is 0 Å². The minimum absolute atomic E-state index is 0.0444. The highest BCUT2D eigenvalue weighted by molar-refractivity contribution is 9.10. The van der Waals surface area contributed by atoms with Gasteiger partial charge in [0, 0.05) is 34.3 Å². The average Bonchev–Trinajstić information content (AvgIpc) is 3.08. The number of hydrogen-bond acceptors (Lipinski definition) is 3. The lowest BCUT2D eigenvalue weighted by atomic mass is 10.1. The standard InChI is InChI=1S/C20H15BrN4O/c21-16-6-2-14(3-7-16)12-19(26)23-17-8-4-15(5-9-17)18-13-25-11-1-10-22-20(25)24-18/h1-11,13H,12H2,(H,23,26). The molecule has 2 heterocycles. The molecule has 5 nitrogen and oxygen atoms in total. The zero-order chi connectivity index (χ0) is 17.9. The first-order valence-corrected chi connectivity index (χ1v) is 8.91. The van der Waals surface area contributed by atoms with E-state index in [2.05, 4.69) is 31.2 Å². The molecule has 4 rings (SSSR count). The molecule has 128 valence electrons. The quantitative estimate of drug-likeness (QED) is 0.548. The van der Waals surface area contributed by atoms with Crippen LogP contribution in [0.25, 0.3) is 17.0 Å². The highest BCUT2D eigenvalue weighted by Gasteiger charge is 2.07. The van der Waals surface area contributed by atoms with E-state index in [9.17, 15) is 4.79 Å². The molecule has 2 aromatic heterocycles. The van der Waals surface area contributed by atoms with E-state index >= 15 is 0 Å². The maximum atomic E-state index is 12.2. The Bertz CT molecular complexity index is 1020. The molecular formula is C20H15BrN4O. The zero-order valence-corrected chi connectivity index (χ0v) is 15.3. The van der Waals surface area contributed by atoms with Gasteiger partial charge in [0.25, 0.3) is 0 Å². The molecular weight excluding hydrogens is 392 g/mol. The fourth-order valence-corrected chi connectivity index (χ4v) is 2.95. The van der Waals surface area contributed by atoms with Gasteiger partial charge in [-0.15, -0.1) is 0 Å². The first kappa shape index (κ1) is 16.5. The largest absolute Gasteiger partial charge is 0.326 e. The fraction of sp³-hybridized carbons (Fsp3) is 0.0500. The van der Waals surface area contributed by atoms with Crippen LogP contribution in [0.1, 0.15) is 5.56 Å². The molecule has 0 atom stereocenters. The Hall–Kier alpha value is -2.99. The van der Waals surface area contributed by atoms with Crippen molar-refractivity contribution in [2.75, 3.05) is 5.32 Å². The van der Waals surface area contributed by atoms with E-state index in [-0.39, 0.29) is 5.91 Å². The molecule has 0 spiro atoms. The zero-order valence-electron chi connectivity index (χ0n) is 13.8. The summed E-state index contributed by atoms with van der Waals surface area (Å²) in [6.45, 7) is 0. The average molecular weight is 407 g/mol. The van der Waals surface area contributed by atoms with E-state index in [1.807, 2.05) is 71.4 Å². The Balaban J connectivity index is 1.45. The van der Waals surface area contributed by atoms with Gasteiger partial charge < -0.3 is 5.32 Å². The molecule has 2 aromatic carbocycles. The molecule has 0 radical (unpaired) electrons. The van der Waals surface area contributed by atoms with Crippen LogP contribution in [0.5, 0.6) is 0 Å². The summed E-state index contributed by atoms with van der Waals surface area (Å²) in [6.07, 6.45) is 5.91. The molecule has 26 heavy (non-hydrogen) atoms. The number of rotatable bonds is 4. The Labute approximate surface area is 158 Å². The summed E-state index contributed by atoms with van der Waals surface area (Å²) in [4.78, 5) is 20.9. The topological polar surface area (TPSA) is 59.3 Å². The van der Waals surface area contributed by atoms with Crippen molar-refractivity contribution in [3.05, 3.63) is 83.2 Å². The van der Waals surface area contributed by atoms with Gasteiger partial charge in [0.2, 0.25) is 11.7 Å². The minimum atomic E-state index is -0.0444. The number of amides is 1. The molecule has 1 N–H and O–H groups in total. The van der Waals surface area contributed by atoms with Crippen molar-refractivity contribution in [2.45, 2.75) is 6.42 Å². The second-order valence-corrected chi connectivity index (χ2v) is 6.80. The summed E-state index contributed by atoms with van der Waals surface area (Å²) < 4.78 is 2.88. The van der Waals surface area contributed by atoms with Gasteiger partial charge in [-0.2, -0.15) is 0 Å². The van der Waals surface area contributed by atoms with Gasteiger partial charge >= 0.3 is 0 Å². The molecule has 6 heteroatoms. The molecule has 1 amide bonds. The number of hydrogen-bond donors (Lipinski definition) is 1. The van der Waals surface area contributed by atoms with Crippen LogP contribution in [0.2, 0.25) is 0 Å². The van der Waals surface area contributed by atoms with Gasteiger partial charge in [-0.3, -0.25) is 9.20 Å². The van der Waals surface area contributed by atoms with Crippen molar-refractivity contribution in [1.29, 1.82) is 0 Å². The molecule has 0 saturated heterocycles. The summed E-state index contributed by atoms with van der Waals surface area (Å²) in [5, 5.41) is 2.92. The van der Waals surface area contributed by atoms with Gasteiger partial charge in [0.1, 0.15) is 0 Å². The van der Waals surface area contributed by atoms with Crippen LogP contribution in [0.15, 0.2) is 77.7 Å². The van der Waals surface area contributed by atoms with Crippen LogP contribution in [0.4, 0.5) is 5.69 Å². The summed E-state index contributed by atoms with van der Waals surface area (Å²) in [5.41, 5.74) is 3.55. The second kappa shape index (κ2) is 7.09. The fourth-order valence-electron chi connectivity index (χ4n) is 2.69. The summed E-state index contributed by atoms with van der Waals surface area (Å²) in [5.74, 6) is 0.617. The number of nitrogens with zero attached hydrogens (tertiary/aromatic N) is 3. The van der Waals surface area contributed by atoms with E-state index in [0.29, 0.717) is 12.2 Å². The number of anilines is 1. The number of carbonyl (C=O) groups excluding carboxylic acids is 1. The number of fused-ring (bicyclic) bond motifs is 1. The lowest BCUT2D eigenvalue weighted by molar-refractivity contribution is -0.115. The predicted molar refractivity (Wildman–Crippen MR) is 105 cm³/mol. The molecule has 0 unspecified atom stereocenters. The summed E-state index contributed by atoms with van der Waals surface area (Å²) in [6, 6.07) is 17.2. The maximum Gasteiger partial charge on any atom is 0.234 e. The van der Waals surface area contributed by atoms with Crippen molar-refractivity contribution in [3.63, 3.8) is 0 Å². The van der Waals surface area contributed by atoms with E-state index in [4.69, 9.17) is 0 Å². The Morgan fingerprint density at radius 2 is 1.85 bits per heavy atom. The molecule has 4 aromatic rings. The van der Waals surface area contributed by atoms with Crippen molar-refractivity contribution >= 4 is 33.3 Å². The van der Waals surface area contributed by atoms with Crippen molar-refractivity contribution in [3.8, 4) is 11.3 Å². The Morgan fingerprint density at radius 3 is 2.58 bits per heavy atom. The molecule has 0 aliphatic heterocycles. The summed E-state index contributed by atoms with van der Waals surface area (Å²) >= 11 is 3.39. The van der Waals surface area contributed by atoms with E-state index in [0.717, 1.165) is 27.0 Å². The predicted octanol–water partition coefficient (Wildman–Crippen LogP) is 4.34. The molecule has 0 aliphatic rings. The van der Waals surface area contributed by atoms with Gasteiger partial charge in [-0.25, -0.2) is 9.97 Å². The van der Waals surface area contributed by atoms with Gasteiger partial charge in [0.05, 0.1) is 12.1 Å². The van der Waals surface area contributed by atoms with Gasteiger partial charge in [-0.05, 0) is 35.9 Å². The lowest BCUT2D eigenvalue weighted by Crippen LogP contribution is -2.14. The smallest absolute Gasteiger partial charge is 0.234 e. The lowest BCUT2D eigenvalue weighted by Gasteiger charge is -2.06. The minimum Gasteiger partial charge on any atom is -0.326 e. The monoisotopic (exact) mass is 406 g/mol. The van der Waals surface area contributed by atoms with Crippen LogP contribution < -0.4 is 5.32 Å². The first-order chi connectivity index (χ1) is 12.7. The maximum absolute atomic E-state index is 12.2. The molecule has 0 saturated carbocycles. The number of nitrogens with one attached hydrogen (secondary N) is 1. The number of carbonyl (C=O) groups is 1. The van der Waals surface area contributed by atoms with Crippen molar-refractivity contribution in [1.82, 2.24) is 14.4 Å². The highest BCUT2D eigenvalue weighted by atomic mass is 79.9. The van der Waals surface area contributed by atoms with E-state index in [1.54, 1.807) is 6.20 Å². The highest BCUT2D eigenvalue weighted by Crippen LogP contribution is 2.21. The Kier molecular flexibility index (Phi) is 4.50. The normalized spacial score (nSPS) is 10.8. The van der Waals surface area contributed by atoms with Crippen molar-refractivity contribution < 1.29 is 4.79 Å². The number of imidazole rings is 1. The molecule has 0 bridgehead atoms. The van der Waals surface area contributed by atoms with Gasteiger partial charge in [-0.1, -0.05) is 40.2 Å². The van der Waals surface area contributed by atoms with Crippen LogP contribution in [-0.4, -0.2) is 20.3 Å². The number of aromatic nitrogens is 3. The molecule has 0 fully saturated rings. The number of halogens is 1. The Morgan fingerprint density at radius 1 is 1.08 bits per heavy atom. The third-order valence-corrected chi connectivity index (χ3v) is 4.51. The SMILES string of the molecule is O=C(Cc1ccc(Br)cc1)Nc1ccc(-c2cn3cccnc3n2)cc1. The third kappa shape index (κ3) is 3.65. The van der Waals surface area contributed by atoms with Crippen LogP contribution in [0, 0.1) is 0 Å². The number of benzene rings is 2. The van der Waals surface area contributed by atoms with Crippen molar-refractivity contribution in [2.24, 2.45) is 0 Å². The molecule has 0 aliphatic carbocycles. The van der Waals surface area contributed by atoms with E-state index < -0.39 is 0 Å². The van der Waals surface area contributed by atoms with Crippen LogP contribution >= 0.6 is 15.9 Å².